The van der Waals surface area contributed by atoms with Gasteiger partial charge in [0.25, 0.3) is 0 Å². The van der Waals surface area contributed by atoms with E-state index in [2.05, 4.69) is 397 Å². The Balaban J connectivity index is 0.871. The Morgan fingerprint density at radius 3 is 1.13 bits per heavy atom. The number of hydrogen-bond donors (Lipinski definition) is 0. The van der Waals surface area contributed by atoms with E-state index in [1.165, 1.54) is 115 Å². The van der Waals surface area contributed by atoms with Gasteiger partial charge in [0.1, 0.15) is 11.5 Å². The van der Waals surface area contributed by atoms with E-state index in [4.69, 9.17) is 16.3 Å². The highest BCUT2D eigenvalue weighted by atomic mass is 35.5. The maximum atomic E-state index is 8.12. The molecule has 4 aliphatic carbocycles. The van der Waals surface area contributed by atoms with Crippen molar-refractivity contribution < 1.29 is 4.74 Å². The van der Waals surface area contributed by atoms with Crippen molar-refractivity contribution >= 4 is 55.8 Å². The molecule has 3 nitrogen and oxygen atoms in total. The second-order valence-corrected chi connectivity index (χ2v) is 34.3. The molecule has 0 N–H and O–H groups in total. The molecule has 0 amide bonds. The van der Waals surface area contributed by atoms with Gasteiger partial charge in [-0.3, -0.25) is 0 Å². The van der Waals surface area contributed by atoms with Crippen LogP contribution in [-0.2, 0) is 21.7 Å². The maximum absolute atomic E-state index is 8.12. The smallest absolute Gasteiger partial charge is 0.142 e. The van der Waals surface area contributed by atoms with Crippen LogP contribution in [0.2, 0.25) is 5.02 Å². The van der Waals surface area contributed by atoms with Gasteiger partial charge in [0, 0.05) is 64.5 Å². The van der Waals surface area contributed by atoms with Gasteiger partial charge in [-0.05, 0) is 202 Å². The highest BCUT2D eigenvalue weighted by Gasteiger charge is 2.55. The molecule has 15 aromatic rings. The van der Waals surface area contributed by atoms with Gasteiger partial charge in [-0.15, -0.1) is 10.0 Å². The number of nitrogens with zero attached hydrogens (tertiary/aromatic N) is 2. The summed E-state index contributed by atoms with van der Waals surface area (Å²) in [6.07, 6.45) is 0. The third-order valence-corrected chi connectivity index (χ3v) is 27.2. The average Bonchev–Trinajstić information content (AvgIpc) is 1.51. The van der Waals surface area contributed by atoms with Gasteiger partial charge in [0.2, 0.25) is 0 Å². The number of anilines is 6. The van der Waals surface area contributed by atoms with Crippen molar-refractivity contribution in [3.63, 3.8) is 0 Å². The van der Waals surface area contributed by atoms with Gasteiger partial charge >= 0.3 is 0 Å². The molecule has 504 valence electrons. The van der Waals surface area contributed by atoms with Crippen molar-refractivity contribution in [2.75, 3.05) is 9.80 Å². The third-order valence-electron chi connectivity index (χ3n) is 23.1. The summed E-state index contributed by atoms with van der Waals surface area (Å²) in [7, 11) is -2.14. The van der Waals surface area contributed by atoms with Gasteiger partial charge in [-0.1, -0.05) is 302 Å². The molecule has 0 aromatic heterocycles. The zero-order valence-corrected chi connectivity index (χ0v) is 61.1. The lowest BCUT2D eigenvalue weighted by Crippen LogP contribution is -2.26. The Kier molecular flexibility index (Phi) is 14.1. The summed E-state index contributed by atoms with van der Waals surface area (Å²) in [5.74, 6) is 1.65. The fourth-order valence-electron chi connectivity index (χ4n) is 18.7. The monoisotopic (exact) mass is 1390 g/mol. The summed E-state index contributed by atoms with van der Waals surface area (Å²) in [5, 5.41) is 0.590. The van der Waals surface area contributed by atoms with Crippen LogP contribution in [-0.4, -0.2) is 0 Å². The van der Waals surface area contributed by atoms with E-state index < -0.39 is 20.9 Å². The zero-order valence-electron chi connectivity index (χ0n) is 59.5. The fourth-order valence-corrected chi connectivity index (χ4v) is 22.9. The van der Waals surface area contributed by atoms with Crippen molar-refractivity contribution in [2.24, 2.45) is 0 Å². The number of benzene rings is 15. The highest BCUT2D eigenvalue weighted by Crippen LogP contribution is 2.79. The van der Waals surface area contributed by atoms with Crippen LogP contribution in [0.4, 0.5) is 34.1 Å². The summed E-state index contributed by atoms with van der Waals surface area (Å²) in [6.45, 7) is 14.0. The molecule has 0 saturated carbocycles. The number of fused-ring (bicyclic) bond motifs is 22. The minimum absolute atomic E-state index is 0.0928. The van der Waals surface area contributed by atoms with Gasteiger partial charge in [0.15, 0.2) is 0 Å². The number of ether oxygens (including phenoxy) is 1. The molecule has 20 rings (SSSR count). The van der Waals surface area contributed by atoms with E-state index in [1.54, 1.807) is 0 Å². The van der Waals surface area contributed by atoms with Crippen LogP contribution in [0.3, 0.4) is 0 Å². The van der Waals surface area contributed by atoms with Crippen LogP contribution < -0.4 is 14.5 Å². The molecule has 15 aromatic carbocycles. The second-order valence-electron chi connectivity index (χ2n) is 30.8. The largest absolute Gasteiger partial charge is 0.455 e. The van der Waals surface area contributed by atoms with Gasteiger partial charge in [-0.25, -0.2) is 0 Å². The number of rotatable bonds is 9. The number of para-hydroxylation sites is 1. The third kappa shape index (κ3) is 9.06. The molecule has 5 heteroatoms. The van der Waals surface area contributed by atoms with Crippen molar-refractivity contribution in [3.8, 4) is 67.1 Å². The predicted molar refractivity (Wildman–Crippen MR) is 436 cm³/mol. The van der Waals surface area contributed by atoms with E-state index in [1.807, 2.05) is 0 Å². The van der Waals surface area contributed by atoms with Crippen LogP contribution in [0.5, 0.6) is 11.5 Å². The summed E-state index contributed by atoms with van der Waals surface area (Å²) < 4.78 is 7.46. The van der Waals surface area contributed by atoms with E-state index in [0.29, 0.717) is 5.02 Å². The SMILES string of the molecule is CC(C)(C)c1cc(-c2cccc(N(c3cc(Cl)cc(N(c4ccc5c(c4)Oc4ccccc4S5(c4ccccc4)c4ccccc4)c4cccc5c4-c4ccccc4C54c5ccccc5-c5ccccc54)c3)c3cccc4c3-c3ccccc3C43c4ccccc4-c4ccccc43)c2)cc(C(C)(C)C)c1. The quantitative estimate of drug-likeness (QED) is 0.143. The highest BCUT2D eigenvalue weighted by molar-refractivity contribution is 8.34. The summed E-state index contributed by atoms with van der Waals surface area (Å²) in [4.78, 5) is 9.76. The lowest BCUT2D eigenvalue weighted by molar-refractivity contribution is 0.452. The zero-order chi connectivity index (χ0) is 70.7. The Morgan fingerprint density at radius 2 is 0.667 bits per heavy atom. The Labute approximate surface area is 622 Å². The molecule has 105 heavy (non-hydrogen) atoms. The molecule has 1 aliphatic heterocycles. The summed E-state index contributed by atoms with van der Waals surface area (Å²) >= 11 is 8.12. The molecule has 0 atom stereocenters. The summed E-state index contributed by atoms with van der Waals surface area (Å²) in [6, 6.07) is 130. The minimum Gasteiger partial charge on any atom is -0.455 e. The first-order valence-corrected chi connectivity index (χ1v) is 38.6. The van der Waals surface area contributed by atoms with Crippen molar-refractivity contribution in [1.29, 1.82) is 0 Å². The molecule has 1 heterocycles. The summed E-state index contributed by atoms with van der Waals surface area (Å²) in [5.41, 5.74) is 29.3. The van der Waals surface area contributed by atoms with Gasteiger partial charge in [-0.2, -0.15) is 0 Å². The predicted octanol–water partition coefficient (Wildman–Crippen LogP) is 27.7. The second kappa shape index (κ2) is 23.4. The van der Waals surface area contributed by atoms with E-state index in [9.17, 15) is 0 Å². The fraction of sp³-hybridized carbons (Fsp3) is 0.100. The molecular weight excluding hydrogens is 1310 g/mol. The van der Waals surface area contributed by atoms with Crippen molar-refractivity contribution in [1.82, 2.24) is 0 Å². The van der Waals surface area contributed by atoms with E-state index in [0.717, 1.165) is 61.6 Å². The normalized spacial score (nSPS) is 14.7. The molecular formula is C100H75ClN2OS. The molecule has 0 radical (unpaired) electrons. The molecule has 0 saturated heterocycles. The van der Waals surface area contributed by atoms with Crippen LogP contribution in [0.25, 0.3) is 55.6 Å². The van der Waals surface area contributed by atoms with Crippen molar-refractivity contribution in [3.05, 3.63) is 406 Å². The molecule has 0 fully saturated rings. The van der Waals surface area contributed by atoms with E-state index in [-0.39, 0.29) is 10.8 Å². The lowest BCUT2D eigenvalue weighted by Gasteiger charge is -2.46. The Hall–Kier alpha value is -11.7. The molecule has 2 spiro atoms. The van der Waals surface area contributed by atoms with E-state index >= 15 is 0 Å². The number of halogens is 1. The first-order valence-electron chi connectivity index (χ1n) is 36.6. The minimum atomic E-state index is -2.14. The Morgan fingerprint density at radius 1 is 0.286 bits per heavy atom. The van der Waals surface area contributed by atoms with Crippen LogP contribution in [0, 0.1) is 0 Å². The van der Waals surface area contributed by atoms with Gasteiger partial charge in [0.05, 0.1) is 22.2 Å². The standard InChI is InChI=1S/C100H75ClN2OS/c1-97(2,3)66-56-65(57-67(59-66)98(4,5)6)64-30-27-31-69(58-64)102(89-50-28-48-87-95(89)79-40-17-23-46-85(79)99(87)81-42-19-13-36-75(81)76-37-14-20-43-82(76)99)71-60-68(101)61-72(62-71)103(70-54-55-94-92(63-70)104-91-52-25-26-53-93(91)105(94,73-32-9-7-10-33-73)74-34-11-8-12-35-74)90-51-29-49-88-96(90)80-41-18-24-47-86(80)100(88)83-44-21-15-38-77(83)78-39-16-22-45-84(78)100/h7-63H,1-6H3. The van der Waals surface area contributed by atoms with Crippen LogP contribution in [0.15, 0.2) is 365 Å². The topological polar surface area (TPSA) is 15.7 Å². The molecule has 0 bridgehead atoms. The first kappa shape index (κ1) is 63.1. The van der Waals surface area contributed by atoms with Gasteiger partial charge < -0.3 is 14.5 Å². The Bertz CT molecular complexity index is 5930. The van der Waals surface area contributed by atoms with Crippen LogP contribution >= 0.6 is 21.6 Å². The average molecular weight is 1390 g/mol. The van der Waals surface area contributed by atoms with Crippen molar-refractivity contribution in [2.45, 2.75) is 82.8 Å². The number of hydrogen-bond acceptors (Lipinski definition) is 3. The first-order chi connectivity index (χ1) is 51.2. The maximum Gasteiger partial charge on any atom is 0.142 e. The van der Waals surface area contributed by atoms with Crippen LogP contribution in [0.1, 0.15) is 97.2 Å². The molecule has 0 unspecified atom stereocenters. The lowest BCUT2D eigenvalue weighted by atomic mass is 9.70. The molecule has 5 aliphatic rings.